The number of H-pyrrole nitrogens is 1. The highest BCUT2D eigenvalue weighted by atomic mass is 35.5. The van der Waals surface area contributed by atoms with Crippen LogP contribution in [0.25, 0.3) is 21.8 Å². The average Bonchev–Trinajstić information content (AvgIpc) is 2.66. The number of carbonyl (C=O) groups is 1. The number of hydrogen-bond donors (Lipinski definition) is 2. The molecule has 0 aliphatic heterocycles. The molecule has 0 amide bonds. The van der Waals surface area contributed by atoms with Gasteiger partial charge in [-0.15, -0.1) is 0 Å². The molecule has 0 atom stereocenters. The van der Waals surface area contributed by atoms with Gasteiger partial charge in [0, 0.05) is 21.3 Å². The van der Waals surface area contributed by atoms with Crippen LogP contribution in [0.4, 0.5) is 0 Å². The van der Waals surface area contributed by atoms with Crippen molar-refractivity contribution in [3.8, 4) is 0 Å². The molecule has 0 fully saturated rings. The minimum absolute atomic E-state index is 0.198. The summed E-state index contributed by atoms with van der Waals surface area (Å²) in [4.78, 5) is 14.3. The molecule has 1 aromatic heterocycles. The van der Waals surface area contributed by atoms with Crippen LogP contribution in [-0.4, -0.2) is 16.1 Å². The third-order valence-electron chi connectivity index (χ3n) is 2.81. The van der Waals surface area contributed by atoms with Crippen LogP contribution < -0.4 is 0 Å². The van der Waals surface area contributed by atoms with Gasteiger partial charge >= 0.3 is 5.97 Å². The smallest absolute Gasteiger partial charge is 0.337 e. The first-order valence-electron chi connectivity index (χ1n) is 5.10. The number of carboxylic acid groups (broad SMARTS) is 1. The Balaban J connectivity index is 2.55. The molecule has 2 aromatic carbocycles. The number of hydrogen-bond acceptors (Lipinski definition) is 1. The van der Waals surface area contributed by atoms with Crippen LogP contribution in [-0.2, 0) is 0 Å². The van der Waals surface area contributed by atoms with Gasteiger partial charge in [0.2, 0.25) is 0 Å². The predicted molar refractivity (Wildman–Crippen MR) is 67.8 cm³/mol. The van der Waals surface area contributed by atoms with Crippen molar-refractivity contribution in [2.75, 3.05) is 0 Å². The highest BCUT2D eigenvalue weighted by Gasteiger charge is 2.13. The van der Waals surface area contributed by atoms with E-state index in [1.807, 2.05) is 24.3 Å². The number of fused-ring (bicyclic) bond motifs is 3. The van der Waals surface area contributed by atoms with Crippen molar-refractivity contribution in [2.45, 2.75) is 0 Å². The van der Waals surface area contributed by atoms with E-state index in [-0.39, 0.29) is 5.56 Å². The lowest BCUT2D eigenvalue weighted by Crippen LogP contribution is -1.97. The molecular formula is C13H8ClNO2. The number of aromatic nitrogens is 1. The third kappa shape index (κ3) is 1.47. The molecule has 3 rings (SSSR count). The van der Waals surface area contributed by atoms with Gasteiger partial charge in [0.15, 0.2) is 0 Å². The van der Waals surface area contributed by atoms with Gasteiger partial charge in [0.05, 0.1) is 11.1 Å². The molecule has 0 spiro atoms. The second-order valence-electron chi connectivity index (χ2n) is 3.85. The van der Waals surface area contributed by atoms with E-state index in [9.17, 15) is 4.79 Å². The summed E-state index contributed by atoms with van der Waals surface area (Å²) < 4.78 is 0. The van der Waals surface area contributed by atoms with Gasteiger partial charge < -0.3 is 10.1 Å². The molecule has 0 aliphatic rings. The van der Waals surface area contributed by atoms with E-state index >= 15 is 0 Å². The van der Waals surface area contributed by atoms with E-state index < -0.39 is 5.97 Å². The summed E-state index contributed by atoms with van der Waals surface area (Å²) in [5, 5.41) is 11.4. The van der Waals surface area contributed by atoms with Crippen molar-refractivity contribution in [1.82, 2.24) is 4.98 Å². The number of halogens is 1. The van der Waals surface area contributed by atoms with Crippen molar-refractivity contribution in [3.05, 3.63) is 47.0 Å². The van der Waals surface area contributed by atoms with Gasteiger partial charge in [-0.05, 0) is 18.2 Å². The number of para-hydroxylation sites is 1. The summed E-state index contributed by atoms with van der Waals surface area (Å²) in [6.45, 7) is 0. The highest BCUT2D eigenvalue weighted by molar-refractivity contribution is 6.32. The SMILES string of the molecule is O=C(O)c1cc(Cl)cc2c1[nH]c1ccccc12. The minimum atomic E-state index is -0.982. The maximum absolute atomic E-state index is 11.2. The molecule has 0 saturated carbocycles. The third-order valence-corrected chi connectivity index (χ3v) is 3.03. The Morgan fingerprint density at radius 1 is 1.18 bits per heavy atom. The molecule has 84 valence electrons. The van der Waals surface area contributed by atoms with Gasteiger partial charge in [-0.25, -0.2) is 4.79 Å². The Hall–Kier alpha value is -2.00. The zero-order valence-corrected chi connectivity index (χ0v) is 9.45. The molecule has 0 unspecified atom stereocenters. The number of benzene rings is 2. The van der Waals surface area contributed by atoms with Crippen molar-refractivity contribution in [3.63, 3.8) is 0 Å². The van der Waals surface area contributed by atoms with Crippen molar-refractivity contribution in [2.24, 2.45) is 0 Å². The summed E-state index contributed by atoms with van der Waals surface area (Å²) in [6.07, 6.45) is 0. The zero-order valence-electron chi connectivity index (χ0n) is 8.70. The van der Waals surface area contributed by atoms with E-state index in [2.05, 4.69) is 4.98 Å². The van der Waals surface area contributed by atoms with E-state index in [1.165, 1.54) is 6.07 Å². The van der Waals surface area contributed by atoms with Crippen LogP contribution in [0.5, 0.6) is 0 Å². The molecule has 17 heavy (non-hydrogen) atoms. The Kier molecular flexibility index (Phi) is 2.09. The van der Waals surface area contributed by atoms with Crippen LogP contribution in [0.3, 0.4) is 0 Å². The van der Waals surface area contributed by atoms with Gasteiger partial charge in [0.1, 0.15) is 0 Å². The minimum Gasteiger partial charge on any atom is -0.478 e. The van der Waals surface area contributed by atoms with Crippen LogP contribution in [0.2, 0.25) is 5.02 Å². The fourth-order valence-electron chi connectivity index (χ4n) is 2.08. The summed E-state index contributed by atoms with van der Waals surface area (Å²) in [7, 11) is 0. The molecule has 0 radical (unpaired) electrons. The largest absolute Gasteiger partial charge is 0.478 e. The molecule has 3 aromatic rings. The fraction of sp³-hybridized carbons (Fsp3) is 0. The average molecular weight is 246 g/mol. The molecule has 0 aliphatic carbocycles. The summed E-state index contributed by atoms with van der Waals surface area (Å²) in [5.74, 6) is -0.982. The van der Waals surface area contributed by atoms with E-state index in [1.54, 1.807) is 6.07 Å². The van der Waals surface area contributed by atoms with Crippen LogP contribution in [0, 0.1) is 0 Å². The normalized spacial score (nSPS) is 11.1. The van der Waals surface area contributed by atoms with E-state index in [0.717, 1.165) is 16.3 Å². The first kappa shape index (κ1) is 10.2. The molecule has 2 N–H and O–H groups in total. The van der Waals surface area contributed by atoms with E-state index in [4.69, 9.17) is 16.7 Å². The molecular weight excluding hydrogens is 238 g/mol. The lowest BCUT2D eigenvalue weighted by Gasteiger charge is -1.98. The molecule has 3 nitrogen and oxygen atoms in total. The monoisotopic (exact) mass is 245 g/mol. The number of nitrogens with one attached hydrogen (secondary N) is 1. The van der Waals surface area contributed by atoms with E-state index in [0.29, 0.717) is 10.5 Å². The Bertz CT molecular complexity index is 746. The lowest BCUT2D eigenvalue weighted by atomic mass is 10.1. The van der Waals surface area contributed by atoms with Crippen molar-refractivity contribution < 1.29 is 9.90 Å². The Labute approximate surface area is 102 Å². The second kappa shape index (κ2) is 3.50. The van der Waals surface area contributed by atoms with Gasteiger partial charge in [-0.3, -0.25) is 0 Å². The summed E-state index contributed by atoms with van der Waals surface area (Å²) in [5.41, 5.74) is 1.72. The molecule has 0 saturated heterocycles. The summed E-state index contributed by atoms with van der Waals surface area (Å²) >= 11 is 5.95. The van der Waals surface area contributed by atoms with Crippen LogP contribution in [0.1, 0.15) is 10.4 Å². The molecule has 0 bridgehead atoms. The number of rotatable bonds is 1. The van der Waals surface area contributed by atoms with Crippen molar-refractivity contribution in [1.29, 1.82) is 0 Å². The summed E-state index contributed by atoms with van der Waals surface area (Å²) in [6, 6.07) is 10.9. The maximum Gasteiger partial charge on any atom is 0.337 e. The van der Waals surface area contributed by atoms with Crippen LogP contribution >= 0.6 is 11.6 Å². The van der Waals surface area contributed by atoms with Gasteiger partial charge in [-0.2, -0.15) is 0 Å². The Morgan fingerprint density at radius 3 is 2.71 bits per heavy atom. The van der Waals surface area contributed by atoms with Gasteiger partial charge in [-0.1, -0.05) is 29.8 Å². The van der Waals surface area contributed by atoms with Gasteiger partial charge in [0.25, 0.3) is 0 Å². The maximum atomic E-state index is 11.2. The first-order chi connectivity index (χ1) is 8.16. The standard InChI is InChI=1S/C13H8ClNO2/c14-7-5-9-8-3-1-2-4-11(8)15-12(9)10(6-7)13(16)17/h1-6,15H,(H,16,17). The number of aromatic carboxylic acids is 1. The quantitative estimate of drug-likeness (QED) is 0.687. The predicted octanol–water partition coefficient (Wildman–Crippen LogP) is 3.67. The second-order valence-corrected chi connectivity index (χ2v) is 4.29. The molecule has 4 heteroatoms. The molecule has 1 heterocycles. The van der Waals surface area contributed by atoms with Crippen molar-refractivity contribution >= 4 is 39.4 Å². The fourth-order valence-corrected chi connectivity index (χ4v) is 2.30. The highest BCUT2D eigenvalue weighted by Crippen LogP contribution is 2.30. The number of carboxylic acids is 1. The topological polar surface area (TPSA) is 53.1 Å². The van der Waals surface area contributed by atoms with Crippen LogP contribution in [0.15, 0.2) is 36.4 Å². The zero-order chi connectivity index (χ0) is 12.0. The Morgan fingerprint density at radius 2 is 1.94 bits per heavy atom. The first-order valence-corrected chi connectivity index (χ1v) is 5.48. The lowest BCUT2D eigenvalue weighted by molar-refractivity contribution is 0.0699. The number of aromatic amines is 1.